The molecule has 2 fully saturated rings. The third kappa shape index (κ3) is 11.4. The highest BCUT2D eigenvalue weighted by Gasteiger charge is 2.31. The molecule has 0 atom stereocenters. The van der Waals surface area contributed by atoms with Gasteiger partial charge >= 0.3 is 0 Å². The summed E-state index contributed by atoms with van der Waals surface area (Å²) < 4.78 is 0. The van der Waals surface area contributed by atoms with Gasteiger partial charge < -0.3 is 40.2 Å². The van der Waals surface area contributed by atoms with Crippen molar-refractivity contribution in [1.82, 2.24) is 40.4 Å². The Morgan fingerprint density at radius 1 is 0.662 bits per heavy atom. The van der Waals surface area contributed by atoms with Gasteiger partial charge in [-0.25, -0.2) is 9.97 Å². The van der Waals surface area contributed by atoms with E-state index in [-0.39, 0.29) is 11.8 Å². The van der Waals surface area contributed by atoms with E-state index in [1.807, 2.05) is 56.3 Å². The summed E-state index contributed by atoms with van der Waals surface area (Å²) in [7, 11) is 6.55. The second kappa shape index (κ2) is 22.1. The van der Waals surface area contributed by atoms with E-state index in [1.165, 1.54) is 12.8 Å². The summed E-state index contributed by atoms with van der Waals surface area (Å²) in [6.45, 7) is 11.6. The van der Waals surface area contributed by atoms with E-state index < -0.39 is 0 Å². The molecule has 0 bridgehead atoms. The Labute approximate surface area is 395 Å². The molecule has 0 spiro atoms. The lowest BCUT2D eigenvalue weighted by molar-refractivity contribution is 0.0941. The van der Waals surface area contributed by atoms with Gasteiger partial charge in [-0.3, -0.25) is 9.59 Å². The van der Waals surface area contributed by atoms with E-state index in [9.17, 15) is 9.59 Å². The zero-order valence-electron chi connectivity index (χ0n) is 39.3. The first kappa shape index (κ1) is 48.1. The lowest BCUT2D eigenvalue weighted by atomic mass is 9.88. The normalized spacial score (nSPS) is 18.8. The Kier molecular flexibility index (Phi) is 16.3. The average Bonchev–Trinajstić information content (AvgIpc) is 3.99. The molecule has 3 aromatic carbocycles. The SMILES string of the molecule is CCN(c1cc(Cl)cc(C(=O)NCc2[nH]cnc2CCN(C)C2CCC(N(CC)c3cc(Cl)cc(C(=O)NCc4[nH]cnc4-c4ccccc4)c3C)CC2)c1C)C1CCC(N(C)C)CC1. The molecule has 7 rings (SSSR count). The lowest BCUT2D eigenvalue weighted by Crippen LogP contribution is -2.44. The van der Waals surface area contributed by atoms with Crippen LogP contribution in [0.15, 0.2) is 67.3 Å². The predicted molar refractivity (Wildman–Crippen MR) is 265 cm³/mol. The van der Waals surface area contributed by atoms with Crippen LogP contribution in [0, 0.1) is 13.8 Å². The zero-order chi connectivity index (χ0) is 46.2. The molecular weight excluding hydrogens is 856 g/mol. The fourth-order valence-corrected chi connectivity index (χ4v) is 10.8. The van der Waals surface area contributed by atoms with Crippen LogP contribution in [-0.2, 0) is 19.5 Å². The van der Waals surface area contributed by atoms with Crippen molar-refractivity contribution in [2.24, 2.45) is 0 Å². The summed E-state index contributed by atoms with van der Waals surface area (Å²) in [4.78, 5) is 52.8. The Morgan fingerprint density at radius 2 is 1.14 bits per heavy atom. The van der Waals surface area contributed by atoms with Gasteiger partial charge in [0, 0.05) is 88.3 Å². The van der Waals surface area contributed by atoms with Crippen molar-refractivity contribution in [2.75, 3.05) is 50.6 Å². The number of nitrogens with zero attached hydrogens (tertiary/aromatic N) is 6. The zero-order valence-corrected chi connectivity index (χ0v) is 40.8. The van der Waals surface area contributed by atoms with Crippen molar-refractivity contribution in [3.8, 4) is 11.3 Å². The molecule has 2 amide bonds. The summed E-state index contributed by atoms with van der Waals surface area (Å²) in [6, 6.07) is 19.4. The second-order valence-corrected chi connectivity index (χ2v) is 19.0. The monoisotopic (exact) mass is 922 g/mol. The van der Waals surface area contributed by atoms with Crippen molar-refractivity contribution in [1.29, 1.82) is 0 Å². The number of aromatic nitrogens is 4. The van der Waals surface area contributed by atoms with E-state index in [2.05, 4.69) is 85.2 Å². The van der Waals surface area contributed by atoms with Gasteiger partial charge in [0.05, 0.1) is 48.5 Å². The minimum Gasteiger partial charge on any atom is -0.369 e. The number of hydrogen-bond donors (Lipinski definition) is 4. The summed E-state index contributed by atoms with van der Waals surface area (Å²) in [6.07, 6.45) is 13.0. The number of H-pyrrole nitrogens is 2. The van der Waals surface area contributed by atoms with E-state index in [0.717, 1.165) is 115 Å². The number of benzene rings is 3. The molecule has 2 aromatic heterocycles. The van der Waals surface area contributed by atoms with E-state index >= 15 is 0 Å². The fraction of sp³-hybridized carbons (Fsp3) is 0.490. The lowest BCUT2D eigenvalue weighted by Gasteiger charge is -2.41. The van der Waals surface area contributed by atoms with Crippen LogP contribution >= 0.6 is 23.2 Å². The Hall–Kier alpha value is -4.88. The van der Waals surface area contributed by atoms with Gasteiger partial charge in [-0.2, -0.15) is 0 Å². The summed E-state index contributed by atoms with van der Waals surface area (Å²) >= 11 is 13.4. The number of aromatic amines is 2. The first-order chi connectivity index (χ1) is 31.4. The van der Waals surface area contributed by atoms with Crippen LogP contribution in [0.5, 0.6) is 0 Å². The molecule has 2 aliphatic rings. The van der Waals surface area contributed by atoms with Gasteiger partial charge in [0.2, 0.25) is 0 Å². The molecule has 0 aliphatic heterocycles. The van der Waals surface area contributed by atoms with Crippen LogP contribution in [-0.4, -0.2) is 106 Å². The van der Waals surface area contributed by atoms with Gasteiger partial charge in [0.25, 0.3) is 11.8 Å². The van der Waals surface area contributed by atoms with Crippen molar-refractivity contribution in [3.05, 3.63) is 117 Å². The summed E-state index contributed by atoms with van der Waals surface area (Å²) in [5.41, 5.74) is 9.70. The summed E-state index contributed by atoms with van der Waals surface area (Å²) in [5, 5.41) is 7.40. The highest BCUT2D eigenvalue weighted by Crippen LogP contribution is 2.36. The first-order valence-electron chi connectivity index (χ1n) is 23.5. The smallest absolute Gasteiger partial charge is 0.251 e. The van der Waals surface area contributed by atoms with Crippen LogP contribution in [0.25, 0.3) is 11.3 Å². The highest BCUT2D eigenvalue weighted by molar-refractivity contribution is 6.31. The third-order valence-corrected chi connectivity index (χ3v) is 14.6. The van der Waals surface area contributed by atoms with Gasteiger partial charge in [-0.1, -0.05) is 53.5 Å². The van der Waals surface area contributed by atoms with Gasteiger partial charge in [0.15, 0.2) is 0 Å². The van der Waals surface area contributed by atoms with Crippen LogP contribution in [0.1, 0.15) is 114 Å². The molecule has 5 aromatic rings. The molecule has 2 aliphatic carbocycles. The molecule has 14 heteroatoms. The number of carbonyl (C=O) groups is 2. The second-order valence-electron chi connectivity index (χ2n) is 18.2. The highest BCUT2D eigenvalue weighted by atomic mass is 35.5. The molecule has 0 radical (unpaired) electrons. The topological polar surface area (TPSA) is 129 Å². The molecule has 12 nitrogen and oxygen atoms in total. The van der Waals surface area contributed by atoms with Gasteiger partial charge in [-0.05, 0) is 136 Å². The van der Waals surface area contributed by atoms with E-state index in [0.29, 0.717) is 58.4 Å². The number of halogens is 2. The van der Waals surface area contributed by atoms with E-state index in [4.69, 9.17) is 23.2 Å². The number of hydrogen-bond acceptors (Lipinski definition) is 8. The minimum absolute atomic E-state index is 0.135. The quantitative estimate of drug-likeness (QED) is 0.0685. The van der Waals surface area contributed by atoms with Crippen molar-refractivity contribution in [2.45, 2.75) is 123 Å². The van der Waals surface area contributed by atoms with Crippen LogP contribution in [0.2, 0.25) is 10.0 Å². The number of amides is 2. The first-order valence-corrected chi connectivity index (χ1v) is 24.3. The van der Waals surface area contributed by atoms with Gasteiger partial charge in [-0.15, -0.1) is 0 Å². The molecule has 348 valence electrons. The van der Waals surface area contributed by atoms with Crippen molar-refractivity contribution >= 4 is 46.4 Å². The molecule has 2 saturated carbocycles. The maximum Gasteiger partial charge on any atom is 0.251 e. The molecule has 0 saturated heterocycles. The Morgan fingerprint density at radius 3 is 1.66 bits per heavy atom. The van der Waals surface area contributed by atoms with E-state index in [1.54, 1.807) is 24.8 Å². The third-order valence-electron chi connectivity index (χ3n) is 14.2. The molecule has 4 N–H and O–H groups in total. The fourth-order valence-electron chi connectivity index (χ4n) is 10.4. The Balaban J connectivity index is 0.911. The largest absolute Gasteiger partial charge is 0.369 e. The Bertz CT molecular complexity index is 2370. The molecular formula is C51H68Cl2N10O2. The molecule has 2 heterocycles. The minimum atomic E-state index is -0.166. The number of nitrogens with one attached hydrogen (secondary N) is 4. The number of likely N-dealkylation sites (N-methyl/N-ethyl adjacent to an activating group) is 1. The van der Waals surface area contributed by atoms with Crippen LogP contribution < -0.4 is 20.4 Å². The standard InChI is InChI=1S/C51H68Cl2N10O2/c1-8-62(40-19-15-38(16-20-40)60(5)6)47-27-36(52)25-42(33(47)3)50(64)54-29-45-44(56-31-57-45)23-24-61(7)39-17-21-41(22-18-39)63(9-2)48-28-37(53)26-43(34(48)4)51(65)55-30-46-49(59-32-58-46)35-13-11-10-12-14-35/h10-14,25-28,31-32,38-41H,8-9,15-24,29-30H2,1-7H3,(H,54,64)(H,55,65)(H,56,57)(H,58,59). The van der Waals surface area contributed by atoms with Crippen LogP contribution in [0.4, 0.5) is 11.4 Å². The predicted octanol–water partition coefficient (Wildman–Crippen LogP) is 9.59. The molecule has 65 heavy (non-hydrogen) atoms. The number of imidazole rings is 2. The number of carbonyl (C=O) groups excluding carboxylic acids is 2. The molecule has 0 unspecified atom stereocenters. The number of rotatable bonds is 18. The maximum absolute atomic E-state index is 13.8. The summed E-state index contributed by atoms with van der Waals surface area (Å²) in [5.74, 6) is -0.301. The maximum atomic E-state index is 13.8. The van der Waals surface area contributed by atoms with Crippen molar-refractivity contribution in [3.63, 3.8) is 0 Å². The van der Waals surface area contributed by atoms with Crippen LogP contribution in [0.3, 0.4) is 0 Å². The van der Waals surface area contributed by atoms with Crippen molar-refractivity contribution < 1.29 is 9.59 Å². The average molecular weight is 924 g/mol. The van der Waals surface area contributed by atoms with Gasteiger partial charge in [0.1, 0.15) is 0 Å². The number of anilines is 2.